The lowest BCUT2D eigenvalue weighted by atomic mass is 10.2. The molecule has 1 fully saturated rings. The van der Waals surface area contributed by atoms with Crippen LogP contribution in [0.3, 0.4) is 0 Å². The highest BCUT2D eigenvalue weighted by atomic mass is 16.2. The maximum absolute atomic E-state index is 12.6. The van der Waals surface area contributed by atoms with Gasteiger partial charge in [0.25, 0.3) is 5.56 Å². The number of fused-ring (bicyclic) bond motifs is 1. The van der Waals surface area contributed by atoms with E-state index in [-0.39, 0.29) is 24.1 Å². The van der Waals surface area contributed by atoms with Gasteiger partial charge in [0.1, 0.15) is 11.9 Å². The van der Waals surface area contributed by atoms with E-state index in [4.69, 9.17) is 0 Å². The van der Waals surface area contributed by atoms with Gasteiger partial charge in [-0.05, 0) is 37.8 Å². The predicted octanol–water partition coefficient (Wildman–Crippen LogP) is 0.892. The first-order chi connectivity index (χ1) is 12.1. The summed E-state index contributed by atoms with van der Waals surface area (Å²) >= 11 is 0. The quantitative estimate of drug-likeness (QED) is 0.745. The minimum Gasteiger partial charge on any atom is -0.352 e. The molecule has 0 saturated heterocycles. The Hall–Kier alpha value is -3.03. The molecule has 0 bridgehead atoms. The second kappa shape index (κ2) is 6.12. The van der Waals surface area contributed by atoms with Crippen LogP contribution in [0.4, 0.5) is 0 Å². The van der Waals surface area contributed by atoms with Crippen molar-refractivity contribution in [1.82, 2.24) is 30.1 Å². The predicted molar refractivity (Wildman–Crippen MR) is 91.2 cm³/mol. The van der Waals surface area contributed by atoms with Crippen LogP contribution in [0, 0.1) is 5.92 Å². The zero-order chi connectivity index (χ0) is 17.4. The van der Waals surface area contributed by atoms with E-state index in [9.17, 15) is 9.59 Å². The Kier molecular flexibility index (Phi) is 3.79. The molecule has 0 spiro atoms. The maximum Gasteiger partial charge on any atom is 0.281 e. The standard InChI is InChI=1S/C17H18N6O2/c1-11(12-7-8-12)19-15(24)10-22-17(25)14-9-18-23(16(14)20-21-22)13-5-3-2-4-6-13/h2-6,9,11-12H,7-8,10H2,1H3,(H,19,24)/t11-/m0/s1. The number of rotatable bonds is 5. The summed E-state index contributed by atoms with van der Waals surface area (Å²) in [7, 11) is 0. The van der Waals surface area contributed by atoms with Gasteiger partial charge in [0.15, 0.2) is 5.65 Å². The Labute approximate surface area is 143 Å². The van der Waals surface area contributed by atoms with E-state index in [2.05, 4.69) is 20.7 Å². The molecule has 1 saturated carbocycles. The highest BCUT2D eigenvalue weighted by molar-refractivity contribution is 5.77. The van der Waals surface area contributed by atoms with Crippen LogP contribution in [0.25, 0.3) is 16.7 Å². The van der Waals surface area contributed by atoms with Crippen molar-refractivity contribution >= 4 is 16.9 Å². The summed E-state index contributed by atoms with van der Waals surface area (Å²) in [6, 6.07) is 9.51. The van der Waals surface area contributed by atoms with Crippen molar-refractivity contribution in [3.05, 3.63) is 46.9 Å². The Morgan fingerprint density at radius 2 is 2.08 bits per heavy atom. The Morgan fingerprint density at radius 3 is 2.80 bits per heavy atom. The second-order valence-electron chi connectivity index (χ2n) is 6.38. The molecule has 1 atom stereocenters. The summed E-state index contributed by atoms with van der Waals surface area (Å²) in [6.45, 7) is 1.84. The zero-order valence-electron chi connectivity index (χ0n) is 13.8. The lowest BCUT2D eigenvalue weighted by Gasteiger charge is -2.12. The summed E-state index contributed by atoms with van der Waals surface area (Å²) in [5.41, 5.74) is 0.792. The fourth-order valence-corrected chi connectivity index (χ4v) is 2.88. The molecule has 4 rings (SSSR count). The van der Waals surface area contributed by atoms with Crippen LogP contribution in [0.5, 0.6) is 0 Å². The van der Waals surface area contributed by atoms with E-state index in [0.717, 1.165) is 23.2 Å². The van der Waals surface area contributed by atoms with Crippen molar-refractivity contribution < 1.29 is 4.79 Å². The number of hydrogen-bond donors (Lipinski definition) is 1. The number of nitrogens with one attached hydrogen (secondary N) is 1. The molecule has 1 N–H and O–H groups in total. The lowest BCUT2D eigenvalue weighted by molar-refractivity contribution is -0.122. The minimum atomic E-state index is -0.374. The van der Waals surface area contributed by atoms with E-state index >= 15 is 0 Å². The highest BCUT2D eigenvalue weighted by Crippen LogP contribution is 2.32. The van der Waals surface area contributed by atoms with Gasteiger partial charge < -0.3 is 5.32 Å². The van der Waals surface area contributed by atoms with Crippen molar-refractivity contribution in [1.29, 1.82) is 0 Å². The van der Waals surface area contributed by atoms with Gasteiger partial charge in [0.05, 0.1) is 11.9 Å². The van der Waals surface area contributed by atoms with Gasteiger partial charge in [-0.25, -0.2) is 9.36 Å². The molecule has 2 heterocycles. The first-order valence-corrected chi connectivity index (χ1v) is 8.30. The van der Waals surface area contributed by atoms with Crippen molar-refractivity contribution in [3.63, 3.8) is 0 Å². The molecular weight excluding hydrogens is 320 g/mol. The number of aromatic nitrogens is 5. The Morgan fingerprint density at radius 1 is 1.32 bits per heavy atom. The van der Waals surface area contributed by atoms with Crippen LogP contribution < -0.4 is 10.9 Å². The smallest absolute Gasteiger partial charge is 0.281 e. The van der Waals surface area contributed by atoms with Crippen LogP contribution >= 0.6 is 0 Å². The second-order valence-corrected chi connectivity index (χ2v) is 6.38. The van der Waals surface area contributed by atoms with Crippen molar-refractivity contribution in [2.45, 2.75) is 32.4 Å². The van der Waals surface area contributed by atoms with E-state index in [1.54, 1.807) is 4.68 Å². The SMILES string of the molecule is C[C@H](NC(=O)Cn1nnc2c(cnn2-c2ccccc2)c1=O)C1CC1. The van der Waals surface area contributed by atoms with Crippen LogP contribution in [-0.2, 0) is 11.3 Å². The van der Waals surface area contributed by atoms with Gasteiger partial charge in [0.2, 0.25) is 5.91 Å². The summed E-state index contributed by atoms with van der Waals surface area (Å²) < 4.78 is 2.64. The largest absolute Gasteiger partial charge is 0.352 e. The molecule has 128 valence electrons. The molecule has 3 aromatic rings. The average molecular weight is 338 g/mol. The van der Waals surface area contributed by atoms with Gasteiger partial charge in [-0.1, -0.05) is 23.4 Å². The molecule has 25 heavy (non-hydrogen) atoms. The Balaban J connectivity index is 1.60. The van der Waals surface area contributed by atoms with Gasteiger partial charge in [-0.15, -0.1) is 5.10 Å². The number of hydrogen-bond acceptors (Lipinski definition) is 5. The first-order valence-electron chi connectivity index (χ1n) is 8.30. The van der Waals surface area contributed by atoms with E-state index in [1.165, 1.54) is 6.20 Å². The third-order valence-corrected chi connectivity index (χ3v) is 4.47. The van der Waals surface area contributed by atoms with Gasteiger partial charge in [0, 0.05) is 6.04 Å². The normalized spacial score (nSPS) is 15.2. The third-order valence-electron chi connectivity index (χ3n) is 4.47. The molecule has 0 aliphatic heterocycles. The molecule has 0 radical (unpaired) electrons. The van der Waals surface area contributed by atoms with Gasteiger partial charge >= 0.3 is 0 Å². The molecule has 1 aliphatic carbocycles. The molecule has 0 unspecified atom stereocenters. The highest BCUT2D eigenvalue weighted by Gasteiger charge is 2.29. The maximum atomic E-state index is 12.6. The molecule has 1 amide bonds. The van der Waals surface area contributed by atoms with Crippen LogP contribution in [-0.4, -0.2) is 36.7 Å². The van der Waals surface area contributed by atoms with Gasteiger partial charge in [-0.2, -0.15) is 5.10 Å². The molecule has 1 aromatic carbocycles. The zero-order valence-corrected chi connectivity index (χ0v) is 13.8. The third kappa shape index (κ3) is 3.02. The van der Waals surface area contributed by atoms with Gasteiger partial charge in [-0.3, -0.25) is 9.59 Å². The Bertz CT molecular complexity index is 974. The number of carbonyl (C=O) groups is 1. The summed E-state index contributed by atoms with van der Waals surface area (Å²) in [5, 5.41) is 15.5. The number of benzene rings is 1. The van der Waals surface area contributed by atoms with Crippen LogP contribution in [0.1, 0.15) is 19.8 Å². The monoisotopic (exact) mass is 338 g/mol. The topological polar surface area (TPSA) is 94.7 Å². The van der Waals surface area contributed by atoms with Crippen molar-refractivity contribution in [2.75, 3.05) is 0 Å². The molecule has 2 aromatic heterocycles. The summed E-state index contributed by atoms with van der Waals surface area (Å²) in [4.78, 5) is 24.7. The van der Waals surface area contributed by atoms with Crippen molar-refractivity contribution in [2.24, 2.45) is 5.92 Å². The van der Waals surface area contributed by atoms with E-state index < -0.39 is 0 Å². The van der Waals surface area contributed by atoms with E-state index in [0.29, 0.717) is 17.0 Å². The number of nitrogens with zero attached hydrogens (tertiary/aromatic N) is 5. The molecule has 8 heteroatoms. The number of amides is 1. The lowest BCUT2D eigenvalue weighted by Crippen LogP contribution is -2.39. The fourth-order valence-electron chi connectivity index (χ4n) is 2.88. The summed E-state index contributed by atoms with van der Waals surface area (Å²) in [5.74, 6) is 0.323. The first kappa shape index (κ1) is 15.5. The summed E-state index contributed by atoms with van der Waals surface area (Å²) in [6.07, 6.45) is 3.75. The molecule has 1 aliphatic rings. The minimum absolute atomic E-state index is 0.126. The van der Waals surface area contributed by atoms with Crippen LogP contribution in [0.2, 0.25) is 0 Å². The number of carbonyl (C=O) groups excluding carboxylic acids is 1. The number of para-hydroxylation sites is 1. The molecular formula is C17H18N6O2. The van der Waals surface area contributed by atoms with Crippen LogP contribution in [0.15, 0.2) is 41.3 Å². The fraction of sp³-hybridized carbons (Fsp3) is 0.353. The molecule has 8 nitrogen and oxygen atoms in total. The van der Waals surface area contributed by atoms with Crippen molar-refractivity contribution in [3.8, 4) is 5.69 Å². The average Bonchev–Trinajstić information content (AvgIpc) is 3.38. The van der Waals surface area contributed by atoms with E-state index in [1.807, 2.05) is 37.3 Å².